The molecule has 0 fully saturated rings. The first-order valence-electron chi connectivity index (χ1n) is 3.87. The Hall–Kier alpha value is -1.00. The minimum atomic E-state index is -0.965. The second-order valence-electron chi connectivity index (χ2n) is 2.53. The summed E-state index contributed by atoms with van der Waals surface area (Å²) >= 11 is 6.50. The van der Waals surface area contributed by atoms with Crippen molar-refractivity contribution in [2.75, 3.05) is 6.61 Å². The van der Waals surface area contributed by atoms with Gasteiger partial charge in [-0.2, -0.15) is 0 Å². The van der Waals surface area contributed by atoms with Gasteiger partial charge in [-0.25, -0.2) is 4.79 Å². The maximum atomic E-state index is 10.8. The summed E-state index contributed by atoms with van der Waals surface area (Å²) in [4.78, 5) is 11.9. The molecule has 0 amide bonds. The van der Waals surface area contributed by atoms with Crippen molar-refractivity contribution >= 4 is 28.9 Å². The van der Waals surface area contributed by atoms with Crippen LogP contribution in [0.25, 0.3) is 0 Å². The van der Waals surface area contributed by atoms with E-state index in [4.69, 9.17) is 21.4 Å². The highest BCUT2D eigenvalue weighted by atomic mass is 35.5. The lowest BCUT2D eigenvalue weighted by Crippen LogP contribution is -1.99. The standard InChI is InChI=1S/C9H9ClO3S/c1-6-5-7(13-4-2-3-10)8(14-6)9(11)12/h2-3,5H,4H2,1H3,(H,11,12). The molecule has 0 atom stereocenters. The van der Waals surface area contributed by atoms with Crippen molar-refractivity contribution in [2.45, 2.75) is 6.92 Å². The fourth-order valence-electron chi connectivity index (χ4n) is 0.921. The minimum Gasteiger partial charge on any atom is -0.488 e. The van der Waals surface area contributed by atoms with Crippen molar-refractivity contribution in [1.82, 2.24) is 0 Å². The maximum absolute atomic E-state index is 10.8. The van der Waals surface area contributed by atoms with Crippen molar-refractivity contribution in [3.05, 3.63) is 27.4 Å². The molecule has 3 nitrogen and oxygen atoms in total. The fraction of sp³-hybridized carbons (Fsp3) is 0.222. The number of hydrogen-bond acceptors (Lipinski definition) is 3. The van der Waals surface area contributed by atoms with E-state index < -0.39 is 5.97 Å². The van der Waals surface area contributed by atoms with Crippen LogP contribution in [0, 0.1) is 6.92 Å². The summed E-state index contributed by atoms with van der Waals surface area (Å²) < 4.78 is 5.22. The number of thiophene rings is 1. The fourth-order valence-corrected chi connectivity index (χ4v) is 1.79. The van der Waals surface area contributed by atoms with Gasteiger partial charge in [-0.15, -0.1) is 11.3 Å². The van der Waals surface area contributed by atoms with Crippen LogP contribution in [0.5, 0.6) is 5.75 Å². The minimum absolute atomic E-state index is 0.227. The zero-order chi connectivity index (χ0) is 10.6. The summed E-state index contributed by atoms with van der Waals surface area (Å²) in [5.74, 6) is -0.567. The van der Waals surface area contributed by atoms with Crippen LogP contribution in [0.3, 0.4) is 0 Å². The number of ether oxygens (including phenoxy) is 1. The van der Waals surface area contributed by atoms with Crippen LogP contribution in [0.15, 0.2) is 17.7 Å². The third-order valence-corrected chi connectivity index (χ3v) is 2.64. The van der Waals surface area contributed by atoms with Crippen LogP contribution in [0.2, 0.25) is 0 Å². The van der Waals surface area contributed by atoms with Crippen LogP contribution < -0.4 is 4.74 Å². The molecule has 1 rings (SSSR count). The molecule has 14 heavy (non-hydrogen) atoms. The highest BCUT2D eigenvalue weighted by Crippen LogP contribution is 2.28. The summed E-state index contributed by atoms with van der Waals surface area (Å²) in [5.41, 5.74) is 1.33. The molecule has 0 bridgehead atoms. The van der Waals surface area contributed by atoms with Crippen molar-refractivity contribution in [2.24, 2.45) is 0 Å². The van der Waals surface area contributed by atoms with E-state index in [1.807, 2.05) is 6.92 Å². The number of halogens is 1. The molecule has 0 saturated heterocycles. The Balaban J connectivity index is 2.79. The number of rotatable bonds is 4. The maximum Gasteiger partial charge on any atom is 0.349 e. The topological polar surface area (TPSA) is 46.5 Å². The van der Waals surface area contributed by atoms with Gasteiger partial charge in [0.25, 0.3) is 0 Å². The molecule has 1 aromatic rings. The summed E-state index contributed by atoms with van der Waals surface area (Å²) in [7, 11) is 0. The largest absolute Gasteiger partial charge is 0.488 e. The van der Waals surface area contributed by atoms with E-state index in [1.165, 1.54) is 16.9 Å². The van der Waals surface area contributed by atoms with Gasteiger partial charge in [-0.1, -0.05) is 11.6 Å². The lowest BCUT2D eigenvalue weighted by molar-refractivity contribution is 0.0698. The Morgan fingerprint density at radius 1 is 1.79 bits per heavy atom. The van der Waals surface area contributed by atoms with Crippen LogP contribution in [0.4, 0.5) is 0 Å². The van der Waals surface area contributed by atoms with Gasteiger partial charge in [0.1, 0.15) is 12.4 Å². The zero-order valence-electron chi connectivity index (χ0n) is 7.49. The smallest absolute Gasteiger partial charge is 0.349 e. The van der Waals surface area contributed by atoms with Crippen molar-refractivity contribution < 1.29 is 14.6 Å². The van der Waals surface area contributed by atoms with E-state index in [1.54, 1.807) is 12.1 Å². The highest BCUT2D eigenvalue weighted by molar-refractivity contribution is 7.14. The predicted molar refractivity (Wildman–Crippen MR) is 56.5 cm³/mol. The Morgan fingerprint density at radius 2 is 2.50 bits per heavy atom. The first-order valence-corrected chi connectivity index (χ1v) is 5.12. The SMILES string of the molecule is Cc1cc(OCC=CCl)c(C(=O)O)s1. The molecule has 76 valence electrons. The average molecular weight is 233 g/mol. The number of aromatic carboxylic acids is 1. The average Bonchev–Trinajstić information content (AvgIpc) is 2.47. The Kier molecular flexibility index (Phi) is 3.98. The molecule has 1 N–H and O–H groups in total. The van der Waals surface area contributed by atoms with Gasteiger partial charge in [-0.3, -0.25) is 0 Å². The van der Waals surface area contributed by atoms with Crippen molar-refractivity contribution in [3.63, 3.8) is 0 Å². The Labute approximate surface area is 90.6 Å². The number of hydrogen-bond donors (Lipinski definition) is 1. The molecule has 0 radical (unpaired) electrons. The van der Waals surface area contributed by atoms with E-state index in [2.05, 4.69) is 0 Å². The summed E-state index contributed by atoms with van der Waals surface area (Å²) in [6.45, 7) is 2.11. The second-order valence-corrected chi connectivity index (χ2v) is 4.04. The summed E-state index contributed by atoms with van der Waals surface area (Å²) in [6, 6.07) is 1.70. The molecule has 5 heteroatoms. The van der Waals surface area contributed by atoms with Crippen molar-refractivity contribution in [3.8, 4) is 5.75 Å². The monoisotopic (exact) mass is 232 g/mol. The van der Waals surface area contributed by atoms with Crippen molar-refractivity contribution in [1.29, 1.82) is 0 Å². The van der Waals surface area contributed by atoms with Gasteiger partial charge >= 0.3 is 5.97 Å². The number of carboxylic acid groups (broad SMARTS) is 1. The van der Waals surface area contributed by atoms with Gasteiger partial charge in [0.05, 0.1) is 0 Å². The molecule has 0 aliphatic rings. The number of aryl methyl sites for hydroxylation is 1. The summed E-state index contributed by atoms with van der Waals surface area (Å²) in [5, 5.41) is 8.82. The summed E-state index contributed by atoms with van der Waals surface area (Å²) in [6.07, 6.45) is 1.60. The third-order valence-electron chi connectivity index (χ3n) is 1.44. The van der Waals surface area contributed by atoms with E-state index in [0.717, 1.165) is 4.88 Å². The van der Waals surface area contributed by atoms with Crippen LogP contribution in [-0.2, 0) is 0 Å². The first kappa shape index (κ1) is 11.1. The van der Waals surface area contributed by atoms with E-state index in [-0.39, 0.29) is 11.5 Å². The normalized spacial score (nSPS) is 10.7. The van der Waals surface area contributed by atoms with Gasteiger partial charge < -0.3 is 9.84 Å². The number of carbonyl (C=O) groups is 1. The van der Waals surface area contributed by atoms with Gasteiger partial charge in [0.2, 0.25) is 0 Å². The Bertz CT molecular complexity index is 357. The van der Waals surface area contributed by atoms with Crippen LogP contribution in [0.1, 0.15) is 14.5 Å². The van der Waals surface area contributed by atoms with E-state index in [0.29, 0.717) is 5.75 Å². The zero-order valence-corrected chi connectivity index (χ0v) is 9.06. The van der Waals surface area contributed by atoms with Gasteiger partial charge in [0, 0.05) is 10.4 Å². The van der Waals surface area contributed by atoms with Crippen LogP contribution >= 0.6 is 22.9 Å². The third kappa shape index (κ3) is 2.75. The molecule has 0 spiro atoms. The highest BCUT2D eigenvalue weighted by Gasteiger charge is 2.14. The molecule has 0 aliphatic heterocycles. The molecule has 1 heterocycles. The molecule has 0 aliphatic carbocycles. The predicted octanol–water partition coefficient (Wildman–Crippen LogP) is 2.89. The lowest BCUT2D eigenvalue weighted by Gasteiger charge is -2.00. The second kappa shape index (κ2) is 5.02. The molecular formula is C9H9ClO3S. The van der Waals surface area contributed by atoms with Crippen LogP contribution in [-0.4, -0.2) is 17.7 Å². The molecular weight excluding hydrogens is 224 g/mol. The molecule has 0 aromatic carbocycles. The lowest BCUT2D eigenvalue weighted by atomic mass is 10.4. The van der Waals surface area contributed by atoms with Gasteiger partial charge in [-0.05, 0) is 19.1 Å². The van der Waals surface area contributed by atoms with E-state index >= 15 is 0 Å². The van der Waals surface area contributed by atoms with E-state index in [9.17, 15) is 4.79 Å². The molecule has 1 aromatic heterocycles. The number of carboxylic acids is 1. The molecule has 0 unspecified atom stereocenters. The first-order chi connectivity index (χ1) is 6.65. The van der Waals surface area contributed by atoms with Gasteiger partial charge in [0.15, 0.2) is 4.88 Å². The quantitative estimate of drug-likeness (QED) is 0.868. The Morgan fingerprint density at radius 3 is 3.07 bits per heavy atom. The molecule has 0 saturated carbocycles.